The Labute approximate surface area is 101 Å². The van der Waals surface area contributed by atoms with Crippen molar-refractivity contribution in [2.45, 2.75) is 20.8 Å². The van der Waals surface area contributed by atoms with E-state index in [1.165, 1.54) is 11.1 Å². The fraction of sp³-hybridized carbons (Fsp3) is 0.214. The predicted molar refractivity (Wildman–Crippen MR) is 69.0 cm³/mol. The van der Waals surface area contributed by atoms with Gasteiger partial charge in [0, 0.05) is 11.4 Å². The summed E-state index contributed by atoms with van der Waals surface area (Å²) in [6.07, 6.45) is 0. The van der Waals surface area contributed by atoms with Crippen LogP contribution in [-0.4, -0.2) is 10.9 Å². The van der Waals surface area contributed by atoms with Crippen LogP contribution in [0.2, 0.25) is 0 Å². The van der Waals surface area contributed by atoms with Gasteiger partial charge in [-0.15, -0.1) is 0 Å². The van der Waals surface area contributed by atoms with Crippen LogP contribution in [0.4, 0.5) is 0 Å². The van der Waals surface area contributed by atoms with Gasteiger partial charge in [0.2, 0.25) is 0 Å². The lowest BCUT2D eigenvalue weighted by Crippen LogP contribution is -2.10. The minimum atomic E-state index is -0.395. The second-order valence-electron chi connectivity index (χ2n) is 4.38. The molecular formula is C14H16N2O. The van der Waals surface area contributed by atoms with E-state index in [-0.39, 0.29) is 0 Å². The lowest BCUT2D eigenvalue weighted by Gasteiger charge is -2.03. The number of carbonyl (C=O) groups excluding carboxylic acids is 1. The van der Waals surface area contributed by atoms with E-state index in [1.54, 1.807) is 0 Å². The van der Waals surface area contributed by atoms with Crippen LogP contribution in [0.25, 0.3) is 11.3 Å². The van der Waals surface area contributed by atoms with Crippen LogP contribution in [0.3, 0.4) is 0 Å². The molecule has 1 amide bonds. The van der Waals surface area contributed by atoms with Crippen LogP contribution in [0.1, 0.15) is 27.2 Å². The molecule has 0 spiro atoms. The first-order chi connectivity index (χ1) is 7.99. The molecule has 0 bridgehead atoms. The summed E-state index contributed by atoms with van der Waals surface area (Å²) in [6.45, 7) is 6.00. The third kappa shape index (κ3) is 2.09. The number of rotatable bonds is 2. The van der Waals surface area contributed by atoms with Gasteiger partial charge in [0.05, 0.1) is 5.56 Å². The number of aromatic amines is 1. The average molecular weight is 228 g/mol. The highest BCUT2D eigenvalue weighted by atomic mass is 16.1. The summed E-state index contributed by atoms with van der Waals surface area (Å²) in [6, 6.07) is 8.02. The first-order valence-corrected chi connectivity index (χ1v) is 5.56. The van der Waals surface area contributed by atoms with Gasteiger partial charge in [-0.05, 0) is 49.6 Å². The highest BCUT2D eigenvalue weighted by molar-refractivity contribution is 5.95. The molecule has 3 nitrogen and oxygen atoms in total. The molecule has 2 aromatic rings. The minimum absolute atomic E-state index is 0.395. The van der Waals surface area contributed by atoms with Crippen LogP contribution in [0.15, 0.2) is 24.3 Å². The largest absolute Gasteiger partial charge is 0.366 e. The quantitative estimate of drug-likeness (QED) is 0.815. The minimum Gasteiger partial charge on any atom is -0.366 e. The van der Waals surface area contributed by atoms with Crippen molar-refractivity contribution in [3.8, 4) is 11.3 Å². The highest BCUT2D eigenvalue weighted by Crippen LogP contribution is 2.23. The summed E-state index contributed by atoms with van der Waals surface area (Å²) in [5.74, 6) is -0.395. The van der Waals surface area contributed by atoms with Crippen molar-refractivity contribution in [1.82, 2.24) is 4.98 Å². The maximum atomic E-state index is 11.2. The Morgan fingerprint density at radius 3 is 2.35 bits per heavy atom. The number of hydrogen-bond acceptors (Lipinski definition) is 1. The van der Waals surface area contributed by atoms with Gasteiger partial charge in [0.1, 0.15) is 0 Å². The van der Waals surface area contributed by atoms with Crippen molar-refractivity contribution in [2.24, 2.45) is 5.73 Å². The van der Waals surface area contributed by atoms with E-state index in [1.807, 2.05) is 19.1 Å². The van der Waals surface area contributed by atoms with Crippen LogP contribution < -0.4 is 5.73 Å². The first-order valence-electron chi connectivity index (χ1n) is 5.56. The smallest absolute Gasteiger partial charge is 0.250 e. The van der Waals surface area contributed by atoms with Gasteiger partial charge in [-0.2, -0.15) is 0 Å². The van der Waals surface area contributed by atoms with Crippen molar-refractivity contribution >= 4 is 5.91 Å². The van der Waals surface area contributed by atoms with E-state index in [4.69, 9.17) is 5.73 Å². The summed E-state index contributed by atoms with van der Waals surface area (Å²) in [7, 11) is 0. The number of hydrogen-bond donors (Lipinski definition) is 2. The molecule has 17 heavy (non-hydrogen) atoms. The fourth-order valence-electron chi connectivity index (χ4n) is 1.88. The van der Waals surface area contributed by atoms with Crippen LogP contribution >= 0.6 is 0 Å². The maximum Gasteiger partial charge on any atom is 0.250 e. The number of nitrogens with one attached hydrogen (secondary N) is 1. The number of carbonyl (C=O) groups is 1. The molecular weight excluding hydrogens is 212 g/mol. The Bertz CT molecular complexity index is 582. The number of aryl methyl sites for hydroxylation is 3. The molecule has 0 aliphatic heterocycles. The van der Waals surface area contributed by atoms with Gasteiger partial charge >= 0.3 is 0 Å². The Kier molecular flexibility index (Phi) is 2.76. The van der Waals surface area contributed by atoms with Crippen LogP contribution in [0.5, 0.6) is 0 Å². The van der Waals surface area contributed by atoms with E-state index in [0.717, 1.165) is 17.0 Å². The van der Waals surface area contributed by atoms with E-state index in [9.17, 15) is 4.79 Å². The topological polar surface area (TPSA) is 58.9 Å². The van der Waals surface area contributed by atoms with Crippen molar-refractivity contribution in [3.05, 3.63) is 46.6 Å². The lowest BCUT2D eigenvalue weighted by atomic mass is 10.0. The molecule has 2 rings (SSSR count). The van der Waals surface area contributed by atoms with Crippen molar-refractivity contribution in [2.75, 3.05) is 0 Å². The third-order valence-corrected chi connectivity index (χ3v) is 3.10. The van der Waals surface area contributed by atoms with Crippen molar-refractivity contribution in [1.29, 1.82) is 0 Å². The molecule has 0 unspecified atom stereocenters. The Morgan fingerprint density at radius 2 is 1.82 bits per heavy atom. The van der Waals surface area contributed by atoms with E-state index < -0.39 is 5.91 Å². The Balaban J connectivity index is 2.50. The Morgan fingerprint density at radius 1 is 1.12 bits per heavy atom. The molecule has 0 fully saturated rings. The number of benzene rings is 1. The first kappa shape index (κ1) is 11.5. The number of amides is 1. The fourth-order valence-corrected chi connectivity index (χ4v) is 1.88. The van der Waals surface area contributed by atoms with E-state index in [0.29, 0.717) is 5.56 Å². The molecule has 1 aromatic heterocycles. The molecule has 0 saturated carbocycles. The molecule has 1 heterocycles. The molecule has 3 N–H and O–H groups in total. The van der Waals surface area contributed by atoms with Crippen LogP contribution in [0, 0.1) is 20.8 Å². The zero-order chi connectivity index (χ0) is 12.6. The van der Waals surface area contributed by atoms with Gasteiger partial charge in [0.15, 0.2) is 0 Å². The molecule has 1 aromatic carbocycles. The second kappa shape index (κ2) is 4.09. The van der Waals surface area contributed by atoms with Gasteiger partial charge in [-0.3, -0.25) is 4.79 Å². The zero-order valence-electron chi connectivity index (χ0n) is 10.3. The summed E-state index contributed by atoms with van der Waals surface area (Å²) in [5, 5.41) is 0. The maximum absolute atomic E-state index is 11.2. The van der Waals surface area contributed by atoms with Crippen molar-refractivity contribution in [3.63, 3.8) is 0 Å². The molecule has 3 heteroatoms. The average Bonchev–Trinajstić information content (AvgIpc) is 2.64. The van der Waals surface area contributed by atoms with E-state index >= 15 is 0 Å². The number of H-pyrrole nitrogens is 1. The molecule has 88 valence electrons. The normalized spacial score (nSPS) is 10.5. The highest BCUT2D eigenvalue weighted by Gasteiger charge is 2.10. The van der Waals surface area contributed by atoms with Gasteiger partial charge in [-0.1, -0.05) is 12.1 Å². The molecule has 0 aliphatic carbocycles. The molecule has 0 radical (unpaired) electrons. The van der Waals surface area contributed by atoms with Crippen molar-refractivity contribution < 1.29 is 4.79 Å². The Hall–Kier alpha value is -2.03. The molecule has 0 atom stereocenters. The predicted octanol–water partition coefficient (Wildman–Crippen LogP) is 2.71. The molecule has 0 aliphatic rings. The van der Waals surface area contributed by atoms with Crippen LogP contribution in [-0.2, 0) is 0 Å². The summed E-state index contributed by atoms with van der Waals surface area (Å²) >= 11 is 0. The van der Waals surface area contributed by atoms with Gasteiger partial charge in [-0.25, -0.2) is 0 Å². The molecule has 0 saturated heterocycles. The van der Waals surface area contributed by atoms with E-state index in [2.05, 4.69) is 31.0 Å². The third-order valence-electron chi connectivity index (χ3n) is 3.10. The van der Waals surface area contributed by atoms with Gasteiger partial charge in [0.25, 0.3) is 5.91 Å². The monoisotopic (exact) mass is 228 g/mol. The standard InChI is InChI=1S/C14H16N2O/c1-8-4-5-11(6-9(8)2)13-7-12(14(15)17)10(3)16-13/h4-7,16H,1-3H3,(H2,15,17). The SMILES string of the molecule is Cc1ccc(-c2cc(C(N)=O)c(C)[nH]2)cc1C. The summed E-state index contributed by atoms with van der Waals surface area (Å²) in [4.78, 5) is 14.4. The number of primary amides is 1. The summed E-state index contributed by atoms with van der Waals surface area (Å²) < 4.78 is 0. The van der Waals surface area contributed by atoms with Gasteiger partial charge < -0.3 is 10.7 Å². The summed E-state index contributed by atoms with van der Waals surface area (Å²) in [5.41, 5.74) is 11.2. The zero-order valence-corrected chi connectivity index (χ0v) is 10.3. The number of nitrogens with two attached hydrogens (primary N) is 1. The second-order valence-corrected chi connectivity index (χ2v) is 4.38. The number of aromatic nitrogens is 1. The lowest BCUT2D eigenvalue weighted by molar-refractivity contribution is 0.1000.